The topological polar surface area (TPSA) is 29.1 Å². The summed E-state index contributed by atoms with van der Waals surface area (Å²) in [7, 11) is 0. The van der Waals surface area contributed by atoms with Crippen molar-refractivity contribution < 1.29 is 9.18 Å². The van der Waals surface area contributed by atoms with Crippen LogP contribution in [0, 0.1) is 15.3 Å². The van der Waals surface area contributed by atoms with Crippen LogP contribution in [0.3, 0.4) is 0 Å². The van der Waals surface area contributed by atoms with Gasteiger partial charge in [0.15, 0.2) is 0 Å². The molecule has 1 N–H and O–H groups in total. The van der Waals surface area contributed by atoms with E-state index in [1.807, 2.05) is 36.4 Å². The largest absolute Gasteiger partial charge is 0.352 e. The Hall–Kier alpha value is -0.650. The molecule has 82 valence electrons. The number of rotatable bonds is 3. The number of amides is 1. The summed E-state index contributed by atoms with van der Waals surface area (Å²) in [6.07, 6.45) is 0. The van der Waals surface area contributed by atoms with Crippen molar-refractivity contribution in [2.45, 2.75) is 13.8 Å². The van der Waals surface area contributed by atoms with Gasteiger partial charge in [0.1, 0.15) is 5.82 Å². The lowest BCUT2D eigenvalue weighted by atomic mass is 10.2. The predicted octanol–water partition coefficient (Wildman–Crippen LogP) is 2.82. The van der Waals surface area contributed by atoms with E-state index < -0.39 is 0 Å². The van der Waals surface area contributed by atoms with E-state index in [0.717, 1.165) is 0 Å². The molecular formula is C11H13FINO. The average molecular weight is 321 g/mol. The standard InChI is InChI=1S/C11H13FINO/c1-7(2)6-14-11(15)9-4-3-8(12)5-10(9)13/h3-5,7H,6H2,1-2H3,(H,14,15). The third-order valence-corrected chi connectivity index (χ3v) is 2.74. The van der Waals surface area contributed by atoms with Crippen molar-refractivity contribution in [2.24, 2.45) is 5.92 Å². The maximum absolute atomic E-state index is 12.8. The fourth-order valence-electron chi connectivity index (χ4n) is 1.07. The van der Waals surface area contributed by atoms with Crippen LogP contribution >= 0.6 is 22.6 Å². The van der Waals surface area contributed by atoms with Gasteiger partial charge in [-0.15, -0.1) is 0 Å². The molecule has 1 aromatic rings. The number of nitrogens with one attached hydrogen (secondary N) is 1. The molecule has 0 aliphatic rings. The highest BCUT2D eigenvalue weighted by Gasteiger charge is 2.10. The number of hydrogen-bond acceptors (Lipinski definition) is 1. The molecule has 1 rings (SSSR count). The Bertz CT molecular complexity index is 366. The Morgan fingerprint density at radius 3 is 2.73 bits per heavy atom. The minimum atomic E-state index is -0.320. The SMILES string of the molecule is CC(C)CNC(=O)c1ccc(F)cc1I. The van der Waals surface area contributed by atoms with Gasteiger partial charge in [-0.1, -0.05) is 13.8 Å². The Balaban J connectivity index is 2.74. The summed E-state index contributed by atoms with van der Waals surface area (Å²) in [5.41, 5.74) is 0.526. The van der Waals surface area contributed by atoms with E-state index in [1.165, 1.54) is 18.2 Å². The van der Waals surface area contributed by atoms with Crippen LogP contribution in [0.2, 0.25) is 0 Å². The van der Waals surface area contributed by atoms with Crippen molar-refractivity contribution in [2.75, 3.05) is 6.54 Å². The molecule has 0 aliphatic carbocycles. The number of halogens is 2. The first-order valence-corrected chi connectivity index (χ1v) is 5.82. The predicted molar refractivity (Wildman–Crippen MR) is 66.3 cm³/mol. The van der Waals surface area contributed by atoms with Gasteiger partial charge in [-0.3, -0.25) is 4.79 Å². The molecule has 4 heteroatoms. The molecule has 0 fully saturated rings. The van der Waals surface area contributed by atoms with E-state index in [2.05, 4.69) is 5.32 Å². The number of carbonyl (C=O) groups is 1. The summed E-state index contributed by atoms with van der Waals surface area (Å²) in [6, 6.07) is 4.16. The molecule has 0 aliphatic heterocycles. The van der Waals surface area contributed by atoms with Crippen LogP contribution in [0.4, 0.5) is 4.39 Å². The summed E-state index contributed by atoms with van der Waals surface area (Å²) >= 11 is 1.96. The Labute approximate surface area is 102 Å². The van der Waals surface area contributed by atoms with Gasteiger partial charge >= 0.3 is 0 Å². The van der Waals surface area contributed by atoms with Crippen molar-refractivity contribution >= 4 is 28.5 Å². The van der Waals surface area contributed by atoms with E-state index in [9.17, 15) is 9.18 Å². The molecule has 0 spiro atoms. The van der Waals surface area contributed by atoms with Gasteiger partial charge in [-0.05, 0) is 46.7 Å². The Morgan fingerprint density at radius 1 is 1.53 bits per heavy atom. The molecular weight excluding hydrogens is 308 g/mol. The van der Waals surface area contributed by atoms with Gasteiger partial charge in [0.25, 0.3) is 5.91 Å². The molecule has 0 atom stereocenters. The molecule has 0 heterocycles. The zero-order chi connectivity index (χ0) is 11.4. The van der Waals surface area contributed by atoms with Gasteiger partial charge in [0, 0.05) is 10.1 Å². The fourth-order valence-corrected chi connectivity index (χ4v) is 1.79. The second-order valence-corrected chi connectivity index (χ2v) is 4.89. The van der Waals surface area contributed by atoms with Crippen LogP contribution in [0.15, 0.2) is 18.2 Å². The first kappa shape index (κ1) is 12.4. The molecule has 0 unspecified atom stereocenters. The number of hydrogen-bond donors (Lipinski definition) is 1. The van der Waals surface area contributed by atoms with Gasteiger partial charge in [-0.25, -0.2) is 4.39 Å². The average Bonchev–Trinajstić information content (AvgIpc) is 2.14. The lowest BCUT2D eigenvalue weighted by Crippen LogP contribution is -2.27. The zero-order valence-corrected chi connectivity index (χ0v) is 10.8. The van der Waals surface area contributed by atoms with E-state index in [0.29, 0.717) is 21.6 Å². The zero-order valence-electron chi connectivity index (χ0n) is 8.68. The lowest BCUT2D eigenvalue weighted by molar-refractivity contribution is 0.0948. The normalized spacial score (nSPS) is 10.5. The van der Waals surface area contributed by atoms with Gasteiger partial charge in [0.2, 0.25) is 0 Å². The summed E-state index contributed by atoms with van der Waals surface area (Å²) in [5, 5.41) is 2.79. The van der Waals surface area contributed by atoms with E-state index in [1.54, 1.807) is 0 Å². The molecule has 0 aromatic heterocycles. The molecule has 0 saturated heterocycles. The summed E-state index contributed by atoms with van der Waals surface area (Å²) in [4.78, 5) is 11.6. The van der Waals surface area contributed by atoms with Crippen LogP contribution in [0.5, 0.6) is 0 Å². The molecule has 0 saturated carbocycles. The lowest BCUT2D eigenvalue weighted by Gasteiger charge is -2.08. The van der Waals surface area contributed by atoms with Crippen molar-refractivity contribution in [3.8, 4) is 0 Å². The van der Waals surface area contributed by atoms with Gasteiger partial charge in [0.05, 0.1) is 5.56 Å². The van der Waals surface area contributed by atoms with Crippen molar-refractivity contribution in [3.05, 3.63) is 33.1 Å². The first-order chi connectivity index (χ1) is 7.00. The maximum Gasteiger partial charge on any atom is 0.252 e. The van der Waals surface area contributed by atoms with E-state index in [4.69, 9.17) is 0 Å². The highest BCUT2D eigenvalue weighted by molar-refractivity contribution is 14.1. The Morgan fingerprint density at radius 2 is 2.20 bits per heavy atom. The van der Waals surface area contributed by atoms with Gasteiger partial charge in [-0.2, -0.15) is 0 Å². The Kier molecular flexibility index (Phi) is 4.50. The minimum absolute atomic E-state index is 0.145. The van der Waals surface area contributed by atoms with Crippen molar-refractivity contribution in [1.82, 2.24) is 5.32 Å². The quantitative estimate of drug-likeness (QED) is 0.852. The molecule has 1 amide bonds. The van der Waals surface area contributed by atoms with Crippen molar-refractivity contribution in [1.29, 1.82) is 0 Å². The van der Waals surface area contributed by atoms with Gasteiger partial charge < -0.3 is 5.32 Å². The molecule has 15 heavy (non-hydrogen) atoms. The summed E-state index contributed by atoms with van der Waals surface area (Å²) in [6.45, 7) is 4.68. The molecule has 0 radical (unpaired) electrons. The molecule has 0 bridgehead atoms. The first-order valence-electron chi connectivity index (χ1n) is 4.74. The van der Waals surface area contributed by atoms with Crippen LogP contribution in [-0.4, -0.2) is 12.5 Å². The van der Waals surface area contributed by atoms with Crippen LogP contribution in [0.25, 0.3) is 0 Å². The molecule has 1 aromatic carbocycles. The highest BCUT2D eigenvalue weighted by atomic mass is 127. The minimum Gasteiger partial charge on any atom is -0.352 e. The fraction of sp³-hybridized carbons (Fsp3) is 0.364. The third-order valence-electron chi connectivity index (χ3n) is 1.85. The smallest absolute Gasteiger partial charge is 0.252 e. The van der Waals surface area contributed by atoms with Crippen LogP contribution in [-0.2, 0) is 0 Å². The maximum atomic E-state index is 12.8. The van der Waals surface area contributed by atoms with Crippen molar-refractivity contribution in [3.63, 3.8) is 0 Å². The number of benzene rings is 1. The van der Waals surface area contributed by atoms with E-state index in [-0.39, 0.29) is 11.7 Å². The second kappa shape index (κ2) is 5.44. The highest BCUT2D eigenvalue weighted by Crippen LogP contribution is 2.13. The van der Waals surface area contributed by atoms with Crippen LogP contribution < -0.4 is 5.32 Å². The third kappa shape index (κ3) is 3.77. The second-order valence-electron chi connectivity index (χ2n) is 3.73. The van der Waals surface area contributed by atoms with E-state index >= 15 is 0 Å². The summed E-state index contributed by atoms with van der Waals surface area (Å²) < 4.78 is 13.4. The number of carbonyl (C=O) groups excluding carboxylic acids is 1. The van der Waals surface area contributed by atoms with Crippen LogP contribution in [0.1, 0.15) is 24.2 Å². The monoisotopic (exact) mass is 321 g/mol. The molecule has 2 nitrogen and oxygen atoms in total. The summed E-state index contributed by atoms with van der Waals surface area (Å²) in [5.74, 6) is -0.0556.